The molecule has 1 unspecified atom stereocenters. The van der Waals surface area contributed by atoms with Crippen LogP contribution in [-0.4, -0.2) is 23.8 Å². The van der Waals surface area contributed by atoms with Crippen LogP contribution in [0, 0.1) is 0 Å². The van der Waals surface area contributed by atoms with Crippen molar-refractivity contribution < 1.29 is 9.26 Å². The van der Waals surface area contributed by atoms with Crippen LogP contribution < -0.4 is 5.73 Å². The smallest absolute Gasteiger partial charge is 0.230 e. The van der Waals surface area contributed by atoms with Crippen LogP contribution in [0.1, 0.15) is 56.7 Å². The van der Waals surface area contributed by atoms with Gasteiger partial charge in [0.1, 0.15) is 5.60 Å². The number of nitrogens with two attached hydrogens (primary N) is 1. The third kappa shape index (κ3) is 2.35. The van der Waals surface area contributed by atoms with Crippen molar-refractivity contribution in [2.75, 3.05) is 13.7 Å². The zero-order valence-electron chi connectivity index (χ0n) is 10.6. The second-order valence-electron chi connectivity index (χ2n) is 4.85. The largest absolute Gasteiger partial charge is 0.370 e. The lowest BCUT2D eigenvalue weighted by Gasteiger charge is -2.32. The van der Waals surface area contributed by atoms with Gasteiger partial charge in [0.15, 0.2) is 0 Å². The number of nitrogens with zero attached hydrogens (tertiary/aromatic N) is 2. The van der Waals surface area contributed by atoms with Crippen molar-refractivity contribution in [3.8, 4) is 0 Å². The Kier molecular flexibility index (Phi) is 3.79. The minimum atomic E-state index is -0.339. The van der Waals surface area contributed by atoms with Gasteiger partial charge < -0.3 is 15.0 Å². The zero-order valence-corrected chi connectivity index (χ0v) is 10.6. The van der Waals surface area contributed by atoms with Gasteiger partial charge in [0.05, 0.1) is 0 Å². The summed E-state index contributed by atoms with van der Waals surface area (Å²) in [5, 5.41) is 4.09. The first-order valence-electron chi connectivity index (χ1n) is 6.31. The quantitative estimate of drug-likeness (QED) is 0.869. The lowest BCUT2D eigenvalue weighted by atomic mass is 9.84. The van der Waals surface area contributed by atoms with E-state index in [1.807, 2.05) is 6.92 Å². The van der Waals surface area contributed by atoms with Gasteiger partial charge in [-0.05, 0) is 12.8 Å². The number of methoxy groups -OCH3 is 1. The van der Waals surface area contributed by atoms with Gasteiger partial charge in [-0.3, -0.25) is 0 Å². The SMILES string of the molecule is COC1(c2noc(C(C)CN)n2)CCCCC1. The lowest BCUT2D eigenvalue weighted by Crippen LogP contribution is -2.32. The van der Waals surface area contributed by atoms with E-state index in [-0.39, 0.29) is 11.5 Å². The molecule has 1 aliphatic carbocycles. The number of aromatic nitrogens is 2. The fourth-order valence-electron chi connectivity index (χ4n) is 2.36. The van der Waals surface area contributed by atoms with Crippen LogP contribution in [0.4, 0.5) is 0 Å². The van der Waals surface area contributed by atoms with E-state index in [2.05, 4.69) is 10.1 Å². The average molecular weight is 239 g/mol. The second-order valence-corrected chi connectivity index (χ2v) is 4.85. The highest BCUT2D eigenvalue weighted by Gasteiger charge is 2.38. The molecule has 5 nitrogen and oxygen atoms in total. The highest BCUT2D eigenvalue weighted by molar-refractivity contribution is 5.05. The van der Waals surface area contributed by atoms with E-state index < -0.39 is 0 Å². The monoisotopic (exact) mass is 239 g/mol. The number of hydrogen-bond acceptors (Lipinski definition) is 5. The summed E-state index contributed by atoms with van der Waals surface area (Å²) in [6.07, 6.45) is 5.52. The van der Waals surface area contributed by atoms with Gasteiger partial charge in [-0.15, -0.1) is 0 Å². The molecule has 1 fully saturated rings. The Hall–Kier alpha value is -0.940. The maximum atomic E-state index is 5.68. The molecule has 1 aromatic heterocycles. The van der Waals surface area contributed by atoms with Gasteiger partial charge in [-0.25, -0.2) is 0 Å². The zero-order chi connectivity index (χ0) is 12.3. The molecule has 1 saturated carbocycles. The fraction of sp³-hybridized carbons (Fsp3) is 0.833. The molecule has 0 radical (unpaired) electrons. The van der Waals surface area contributed by atoms with Crippen LogP contribution >= 0.6 is 0 Å². The van der Waals surface area contributed by atoms with Crippen LogP contribution in [0.2, 0.25) is 0 Å². The Labute approximate surface area is 102 Å². The second kappa shape index (κ2) is 5.14. The number of ether oxygens (including phenoxy) is 1. The standard InChI is InChI=1S/C12H21N3O2/c1-9(8-13)10-14-11(15-17-10)12(16-2)6-4-3-5-7-12/h9H,3-8,13H2,1-2H3. The van der Waals surface area contributed by atoms with Gasteiger partial charge in [-0.2, -0.15) is 4.98 Å². The Bertz CT molecular complexity index is 358. The molecule has 0 bridgehead atoms. The van der Waals surface area contributed by atoms with E-state index in [0.717, 1.165) is 25.7 Å². The molecule has 0 aliphatic heterocycles. The van der Waals surface area contributed by atoms with Gasteiger partial charge in [0.2, 0.25) is 11.7 Å². The minimum absolute atomic E-state index is 0.105. The molecule has 0 aromatic carbocycles. The van der Waals surface area contributed by atoms with Crippen molar-refractivity contribution in [2.45, 2.75) is 50.5 Å². The molecule has 5 heteroatoms. The van der Waals surface area contributed by atoms with Gasteiger partial charge in [0.25, 0.3) is 0 Å². The highest BCUT2D eigenvalue weighted by atomic mass is 16.5. The van der Waals surface area contributed by atoms with Crippen molar-refractivity contribution >= 4 is 0 Å². The molecule has 0 amide bonds. The third-order valence-corrected chi connectivity index (χ3v) is 3.68. The van der Waals surface area contributed by atoms with Crippen molar-refractivity contribution in [1.29, 1.82) is 0 Å². The predicted molar refractivity (Wildman–Crippen MR) is 63.5 cm³/mol. The first-order chi connectivity index (χ1) is 8.22. The molecule has 2 N–H and O–H groups in total. The maximum Gasteiger partial charge on any atom is 0.230 e. The topological polar surface area (TPSA) is 74.2 Å². The fourth-order valence-corrected chi connectivity index (χ4v) is 2.36. The summed E-state index contributed by atoms with van der Waals surface area (Å²) in [4.78, 5) is 4.46. The molecule has 17 heavy (non-hydrogen) atoms. The van der Waals surface area contributed by atoms with Crippen molar-refractivity contribution in [3.05, 3.63) is 11.7 Å². The van der Waals surface area contributed by atoms with E-state index in [9.17, 15) is 0 Å². The molecule has 1 heterocycles. The normalized spacial score (nSPS) is 21.4. The van der Waals surface area contributed by atoms with E-state index in [1.165, 1.54) is 6.42 Å². The maximum absolute atomic E-state index is 5.68. The van der Waals surface area contributed by atoms with Crippen LogP contribution in [0.15, 0.2) is 4.52 Å². The molecule has 2 rings (SSSR count). The molecule has 1 atom stereocenters. The molecule has 0 saturated heterocycles. The van der Waals surface area contributed by atoms with Crippen LogP contribution in [0.3, 0.4) is 0 Å². The van der Waals surface area contributed by atoms with E-state index in [0.29, 0.717) is 18.3 Å². The van der Waals surface area contributed by atoms with Crippen LogP contribution in [-0.2, 0) is 10.3 Å². The first-order valence-corrected chi connectivity index (χ1v) is 6.31. The molecule has 96 valence electrons. The van der Waals surface area contributed by atoms with E-state index >= 15 is 0 Å². The summed E-state index contributed by atoms with van der Waals surface area (Å²) in [5.74, 6) is 1.41. The molecule has 1 aromatic rings. The lowest BCUT2D eigenvalue weighted by molar-refractivity contribution is -0.0527. The Morgan fingerprint density at radius 1 is 1.41 bits per heavy atom. The van der Waals surface area contributed by atoms with E-state index in [1.54, 1.807) is 7.11 Å². The van der Waals surface area contributed by atoms with Crippen molar-refractivity contribution in [1.82, 2.24) is 10.1 Å². The molecular weight excluding hydrogens is 218 g/mol. The summed E-state index contributed by atoms with van der Waals surface area (Å²) in [6, 6.07) is 0. The Morgan fingerprint density at radius 2 is 2.12 bits per heavy atom. The summed E-state index contributed by atoms with van der Waals surface area (Å²) < 4.78 is 11.0. The summed E-state index contributed by atoms with van der Waals surface area (Å²) >= 11 is 0. The van der Waals surface area contributed by atoms with Crippen molar-refractivity contribution in [3.63, 3.8) is 0 Å². The molecular formula is C12H21N3O2. The predicted octanol–water partition coefficient (Wildman–Crippen LogP) is 1.94. The average Bonchev–Trinajstić information content (AvgIpc) is 2.88. The van der Waals surface area contributed by atoms with Gasteiger partial charge in [0, 0.05) is 19.6 Å². The van der Waals surface area contributed by atoms with Gasteiger partial charge >= 0.3 is 0 Å². The minimum Gasteiger partial charge on any atom is -0.370 e. The van der Waals surface area contributed by atoms with Gasteiger partial charge in [-0.1, -0.05) is 31.3 Å². The third-order valence-electron chi connectivity index (χ3n) is 3.68. The number of rotatable bonds is 4. The Balaban J connectivity index is 2.22. The summed E-state index contributed by atoms with van der Waals surface area (Å²) in [5.41, 5.74) is 5.26. The van der Waals surface area contributed by atoms with Crippen LogP contribution in [0.5, 0.6) is 0 Å². The first kappa shape index (κ1) is 12.5. The van der Waals surface area contributed by atoms with E-state index in [4.69, 9.17) is 15.0 Å². The van der Waals surface area contributed by atoms with Crippen molar-refractivity contribution in [2.24, 2.45) is 5.73 Å². The highest BCUT2D eigenvalue weighted by Crippen LogP contribution is 2.38. The summed E-state index contributed by atoms with van der Waals surface area (Å²) in [6.45, 7) is 2.50. The Morgan fingerprint density at radius 3 is 2.71 bits per heavy atom. The molecule has 1 aliphatic rings. The number of hydrogen-bond donors (Lipinski definition) is 1. The summed E-state index contributed by atoms with van der Waals surface area (Å²) in [7, 11) is 1.73. The molecule has 0 spiro atoms. The van der Waals surface area contributed by atoms with Crippen LogP contribution in [0.25, 0.3) is 0 Å².